The third-order valence-corrected chi connectivity index (χ3v) is 8.23. The molecular formula is C39H52F3NO4. The molecule has 1 unspecified atom stereocenters. The van der Waals surface area contributed by atoms with Gasteiger partial charge in [0.2, 0.25) is 0 Å². The van der Waals surface area contributed by atoms with Crippen LogP contribution in [0.5, 0.6) is 5.75 Å². The summed E-state index contributed by atoms with van der Waals surface area (Å²) >= 11 is 0. The van der Waals surface area contributed by atoms with E-state index in [1.807, 2.05) is 42.6 Å². The zero-order chi connectivity index (χ0) is 33.7. The molecule has 0 aliphatic carbocycles. The molecule has 0 aliphatic rings. The number of rotatable bonds is 23. The molecule has 0 fully saturated rings. The van der Waals surface area contributed by atoms with Gasteiger partial charge >= 0.3 is 12.1 Å². The fourth-order valence-corrected chi connectivity index (χ4v) is 5.20. The van der Waals surface area contributed by atoms with Crippen LogP contribution in [0.1, 0.15) is 114 Å². The van der Waals surface area contributed by atoms with Gasteiger partial charge in [-0.05, 0) is 62.1 Å². The van der Waals surface area contributed by atoms with Crippen LogP contribution in [0.3, 0.4) is 0 Å². The monoisotopic (exact) mass is 655 g/mol. The van der Waals surface area contributed by atoms with Crippen molar-refractivity contribution >= 4 is 5.97 Å². The van der Waals surface area contributed by atoms with Gasteiger partial charge in [0.1, 0.15) is 5.75 Å². The van der Waals surface area contributed by atoms with Crippen LogP contribution in [-0.4, -0.2) is 43.1 Å². The smallest absolute Gasteiger partial charge is 0.414 e. The first-order chi connectivity index (χ1) is 22.8. The number of hydrogen-bond acceptors (Lipinski definition) is 5. The Hall–Kier alpha value is -3.39. The lowest BCUT2D eigenvalue weighted by Gasteiger charge is -2.16. The fourth-order valence-electron chi connectivity index (χ4n) is 5.20. The summed E-state index contributed by atoms with van der Waals surface area (Å²) in [5.41, 5.74) is 4.28. The van der Waals surface area contributed by atoms with Gasteiger partial charge in [0.25, 0.3) is 0 Å². The second kappa shape index (κ2) is 21.5. The number of halogens is 3. The van der Waals surface area contributed by atoms with Crippen LogP contribution < -0.4 is 4.74 Å². The Balaban J connectivity index is 1.31. The van der Waals surface area contributed by atoms with Crippen molar-refractivity contribution in [2.24, 2.45) is 0 Å². The van der Waals surface area contributed by atoms with Crippen LogP contribution in [0, 0.1) is 0 Å². The average Bonchev–Trinajstić information content (AvgIpc) is 3.08. The lowest BCUT2D eigenvalue weighted by atomic mass is 10.0. The summed E-state index contributed by atoms with van der Waals surface area (Å²) in [6.07, 6.45) is 11.2. The number of esters is 1. The summed E-state index contributed by atoms with van der Waals surface area (Å²) in [5.74, 6) is 0.508. The summed E-state index contributed by atoms with van der Waals surface area (Å²) in [6, 6.07) is 19.3. The van der Waals surface area contributed by atoms with E-state index in [0.29, 0.717) is 25.0 Å². The molecule has 47 heavy (non-hydrogen) atoms. The van der Waals surface area contributed by atoms with Crippen molar-refractivity contribution in [2.75, 3.05) is 19.8 Å². The molecule has 258 valence electrons. The molecule has 5 nitrogen and oxygen atoms in total. The van der Waals surface area contributed by atoms with Crippen LogP contribution in [0.15, 0.2) is 66.9 Å². The molecule has 1 atom stereocenters. The Morgan fingerprint density at radius 1 is 0.660 bits per heavy atom. The van der Waals surface area contributed by atoms with E-state index < -0.39 is 12.3 Å². The Morgan fingerprint density at radius 2 is 1.19 bits per heavy atom. The van der Waals surface area contributed by atoms with Crippen molar-refractivity contribution in [2.45, 2.75) is 116 Å². The normalized spacial score (nSPS) is 12.2. The standard InChI is InChI=1S/C39H52F3NO4/c1-3-4-5-6-7-8-9-11-15-28-46-36-24-21-32(22-25-36)35-23-26-37(43-30-35)33-17-19-34(20-18-33)38(44)47-29-16-13-10-12-14-27-45-31(2)39(40,41)42/h17-26,30-31H,3-16,27-29H2,1-2H3. The number of alkyl halides is 3. The molecule has 1 heterocycles. The predicted molar refractivity (Wildman–Crippen MR) is 183 cm³/mol. The van der Waals surface area contributed by atoms with Crippen molar-refractivity contribution in [3.8, 4) is 28.1 Å². The SMILES string of the molecule is CCCCCCCCCCCOc1ccc(-c2ccc(-c3ccc(C(=O)OCCCCCCCOC(C)C(F)(F)F)cc3)nc2)cc1. The van der Waals surface area contributed by atoms with Gasteiger partial charge in [0, 0.05) is 23.9 Å². The highest BCUT2D eigenvalue weighted by atomic mass is 19.4. The first-order valence-electron chi connectivity index (χ1n) is 17.4. The molecular weight excluding hydrogens is 603 g/mol. The van der Waals surface area contributed by atoms with Crippen molar-refractivity contribution < 1.29 is 32.2 Å². The van der Waals surface area contributed by atoms with E-state index in [2.05, 4.69) is 24.0 Å². The maximum Gasteiger partial charge on any atom is 0.414 e. The molecule has 0 saturated heterocycles. The second-order valence-electron chi connectivity index (χ2n) is 12.2. The molecule has 3 aromatic rings. The summed E-state index contributed by atoms with van der Waals surface area (Å²) < 4.78 is 53.4. The number of pyridine rings is 1. The molecule has 0 aliphatic heterocycles. The number of carbonyl (C=O) groups excluding carboxylic acids is 1. The van der Waals surface area contributed by atoms with Crippen molar-refractivity contribution in [3.05, 3.63) is 72.4 Å². The Bertz CT molecular complexity index is 1260. The minimum atomic E-state index is -4.32. The molecule has 8 heteroatoms. The van der Waals surface area contributed by atoms with Crippen LogP contribution in [0.25, 0.3) is 22.4 Å². The fraction of sp³-hybridized carbons (Fsp3) is 0.538. The van der Waals surface area contributed by atoms with E-state index in [4.69, 9.17) is 14.2 Å². The number of unbranched alkanes of at least 4 members (excludes halogenated alkanes) is 12. The largest absolute Gasteiger partial charge is 0.494 e. The highest BCUT2D eigenvalue weighted by molar-refractivity contribution is 5.90. The summed E-state index contributed by atoms with van der Waals surface area (Å²) in [4.78, 5) is 17.1. The molecule has 0 amide bonds. The first kappa shape index (κ1) is 38.1. The van der Waals surface area contributed by atoms with Crippen molar-refractivity contribution in [1.82, 2.24) is 4.98 Å². The minimum Gasteiger partial charge on any atom is -0.494 e. The van der Waals surface area contributed by atoms with E-state index in [1.54, 1.807) is 12.1 Å². The second-order valence-corrected chi connectivity index (χ2v) is 12.2. The van der Waals surface area contributed by atoms with Gasteiger partial charge in [-0.25, -0.2) is 4.79 Å². The van der Waals surface area contributed by atoms with E-state index in [0.717, 1.165) is 67.3 Å². The lowest BCUT2D eigenvalue weighted by molar-refractivity contribution is -0.214. The van der Waals surface area contributed by atoms with Gasteiger partial charge in [0.05, 0.1) is 24.5 Å². The Morgan fingerprint density at radius 3 is 1.77 bits per heavy atom. The molecule has 2 aromatic carbocycles. The highest BCUT2D eigenvalue weighted by Crippen LogP contribution is 2.26. The van der Waals surface area contributed by atoms with Crippen LogP contribution in [0.4, 0.5) is 13.2 Å². The highest BCUT2D eigenvalue weighted by Gasteiger charge is 2.36. The number of aromatic nitrogens is 1. The molecule has 1 aromatic heterocycles. The molecule has 0 N–H and O–H groups in total. The lowest BCUT2D eigenvalue weighted by Crippen LogP contribution is -2.28. The van der Waals surface area contributed by atoms with Gasteiger partial charge in [0.15, 0.2) is 6.10 Å². The molecule has 0 spiro atoms. The van der Waals surface area contributed by atoms with Gasteiger partial charge in [-0.3, -0.25) is 4.98 Å². The number of benzene rings is 2. The number of nitrogens with zero attached hydrogens (tertiary/aromatic N) is 1. The van der Waals surface area contributed by atoms with Crippen molar-refractivity contribution in [3.63, 3.8) is 0 Å². The average molecular weight is 656 g/mol. The van der Waals surface area contributed by atoms with Gasteiger partial charge in [-0.2, -0.15) is 13.2 Å². The maximum absolute atomic E-state index is 12.4. The van der Waals surface area contributed by atoms with E-state index in [1.165, 1.54) is 51.4 Å². The van der Waals surface area contributed by atoms with E-state index in [-0.39, 0.29) is 12.6 Å². The quantitative estimate of drug-likeness (QED) is 0.0751. The minimum absolute atomic E-state index is 0.0917. The van der Waals surface area contributed by atoms with Crippen LogP contribution >= 0.6 is 0 Å². The molecule has 0 saturated carbocycles. The third kappa shape index (κ3) is 14.9. The summed E-state index contributed by atoms with van der Waals surface area (Å²) in [6.45, 7) is 4.42. The van der Waals surface area contributed by atoms with Crippen molar-refractivity contribution in [1.29, 1.82) is 0 Å². The number of ether oxygens (including phenoxy) is 3. The zero-order valence-electron chi connectivity index (χ0n) is 28.2. The summed E-state index contributed by atoms with van der Waals surface area (Å²) in [5, 5.41) is 0. The molecule has 0 bridgehead atoms. The third-order valence-electron chi connectivity index (χ3n) is 8.23. The van der Waals surface area contributed by atoms with E-state index in [9.17, 15) is 18.0 Å². The van der Waals surface area contributed by atoms with Gasteiger partial charge in [-0.1, -0.05) is 108 Å². The Kier molecular flexibility index (Phi) is 17.4. The predicted octanol–water partition coefficient (Wildman–Crippen LogP) is 11.4. The number of carbonyl (C=O) groups is 1. The van der Waals surface area contributed by atoms with Crippen LogP contribution in [-0.2, 0) is 9.47 Å². The topological polar surface area (TPSA) is 57.7 Å². The van der Waals surface area contributed by atoms with E-state index >= 15 is 0 Å². The zero-order valence-corrected chi connectivity index (χ0v) is 28.2. The molecule has 3 rings (SSSR count). The maximum atomic E-state index is 12.4. The van der Waals surface area contributed by atoms with Gasteiger partial charge < -0.3 is 14.2 Å². The Labute approximate surface area is 279 Å². The summed E-state index contributed by atoms with van der Waals surface area (Å²) in [7, 11) is 0. The van der Waals surface area contributed by atoms with Gasteiger partial charge in [-0.15, -0.1) is 0 Å². The molecule has 0 radical (unpaired) electrons. The number of hydrogen-bond donors (Lipinski definition) is 0. The van der Waals surface area contributed by atoms with Crippen LogP contribution in [0.2, 0.25) is 0 Å². The first-order valence-corrected chi connectivity index (χ1v) is 17.4.